The summed E-state index contributed by atoms with van der Waals surface area (Å²) in [6.07, 6.45) is 0. The number of halogens is 1. The first kappa shape index (κ1) is 20.4. The van der Waals surface area contributed by atoms with E-state index in [2.05, 4.69) is 10.0 Å². The van der Waals surface area contributed by atoms with E-state index in [1.54, 1.807) is 12.1 Å². The molecule has 7 heteroatoms. The second-order valence-corrected chi connectivity index (χ2v) is 8.59. The molecule has 0 heterocycles. The number of benzene rings is 2. The molecule has 2 atom stereocenters. The lowest BCUT2D eigenvalue weighted by Crippen LogP contribution is -2.46. The maximum absolute atomic E-state index is 12.5. The summed E-state index contributed by atoms with van der Waals surface area (Å²) in [6.45, 7) is 5.51. The molecule has 0 saturated carbocycles. The highest BCUT2D eigenvalue weighted by molar-refractivity contribution is 7.89. The first-order valence-corrected chi connectivity index (χ1v) is 10.2. The van der Waals surface area contributed by atoms with Crippen molar-refractivity contribution in [1.82, 2.24) is 10.0 Å². The maximum atomic E-state index is 12.5. The van der Waals surface area contributed by atoms with E-state index < -0.39 is 22.0 Å². The summed E-state index contributed by atoms with van der Waals surface area (Å²) in [5.41, 5.74) is 0.973. The largest absolute Gasteiger partial charge is 0.348 e. The van der Waals surface area contributed by atoms with Crippen LogP contribution >= 0.6 is 11.6 Å². The number of nitrogens with one attached hydrogen (secondary N) is 2. The molecule has 1 amide bonds. The molecule has 26 heavy (non-hydrogen) atoms. The van der Waals surface area contributed by atoms with Gasteiger partial charge in [-0.25, -0.2) is 8.42 Å². The molecule has 2 N–H and O–H groups in total. The summed E-state index contributed by atoms with van der Waals surface area (Å²) in [5, 5.41) is 3.24. The van der Waals surface area contributed by atoms with Gasteiger partial charge in [0.1, 0.15) is 0 Å². The number of carbonyl (C=O) groups is 1. The molecule has 0 spiro atoms. The van der Waals surface area contributed by atoms with Crippen molar-refractivity contribution in [2.75, 3.05) is 0 Å². The van der Waals surface area contributed by atoms with E-state index in [0.717, 1.165) is 5.56 Å². The van der Waals surface area contributed by atoms with Gasteiger partial charge >= 0.3 is 0 Å². The highest BCUT2D eigenvalue weighted by Gasteiger charge is 2.25. The first-order chi connectivity index (χ1) is 12.2. The third-order valence-electron chi connectivity index (χ3n) is 3.95. The van der Waals surface area contributed by atoms with Gasteiger partial charge in [-0.2, -0.15) is 4.72 Å². The van der Waals surface area contributed by atoms with Crippen molar-refractivity contribution in [3.05, 3.63) is 65.2 Å². The normalized spacial score (nSPS) is 14.0. The second kappa shape index (κ2) is 8.66. The van der Waals surface area contributed by atoms with Gasteiger partial charge in [-0.1, -0.05) is 61.8 Å². The van der Waals surface area contributed by atoms with Crippen LogP contribution in [0.3, 0.4) is 0 Å². The number of hydrogen-bond donors (Lipinski definition) is 2. The van der Waals surface area contributed by atoms with E-state index >= 15 is 0 Å². The average molecular weight is 395 g/mol. The third kappa shape index (κ3) is 5.30. The Morgan fingerprint density at radius 1 is 1.00 bits per heavy atom. The van der Waals surface area contributed by atoms with E-state index in [9.17, 15) is 13.2 Å². The molecule has 0 saturated heterocycles. The van der Waals surface area contributed by atoms with Gasteiger partial charge in [-0.3, -0.25) is 4.79 Å². The highest BCUT2D eigenvalue weighted by Crippen LogP contribution is 2.21. The molecule has 2 aromatic carbocycles. The van der Waals surface area contributed by atoms with Gasteiger partial charge in [0.2, 0.25) is 15.9 Å². The van der Waals surface area contributed by atoms with Crippen LogP contribution in [-0.4, -0.2) is 20.4 Å². The third-order valence-corrected chi connectivity index (χ3v) is 5.73. The van der Waals surface area contributed by atoms with Crippen LogP contribution in [0.2, 0.25) is 5.02 Å². The molecule has 2 aromatic rings. The fraction of sp³-hybridized carbons (Fsp3) is 0.316. The predicted octanol–water partition coefficient (Wildman–Crippen LogP) is 3.52. The van der Waals surface area contributed by atoms with Gasteiger partial charge in [0.15, 0.2) is 0 Å². The smallest absolute Gasteiger partial charge is 0.241 e. The van der Waals surface area contributed by atoms with Crippen molar-refractivity contribution in [1.29, 1.82) is 0 Å². The van der Waals surface area contributed by atoms with Crippen LogP contribution in [0.1, 0.15) is 32.4 Å². The molecule has 0 aliphatic rings. The fourth-order valence-corrected chi connectivity index (χ4v) is 4.07. The monoisotopic (exact) mass is 394 g/mol. The summed E-state index contributed by atoms with van der Waals surface area (Å²) >= 11 is 5.85. The second-order valence-electron chi connectivity index (χ2n) is 6.44. The Balaban J connectivity index is 2.11. The van der Waals surface area contributed by atoms with E-state index in [1.807, 2.05) is 44.2 Å². The Kier molecular flexibility index (Phi) is 6.81. The molecular formula is C19H23ClN2O3S. The van der Waals surface area contributed by atoms with Crippen molar-refractivity contribution in [2.24, 2.45) is 5.92 Å². The Labute approximate surface area is 159 Å². The molecule has 2 rings (SSSR count). The van der Waals surface area contributed by atoms with Gasteiger partial charge in [-0.15, -0.1) is 0 Å². The molecule has 0 bridgehead atoms. The molecule has 5 nitrogen and oxygen atoms in total. The van der Waals surface area contributed by atoms with Gasteiger partial charge in [0.25, 0.3) is 0 Å². The topological polar surface area (TPSA) is 75.3 Å². The number of sulfonamides is 1. The van der Waals surface area contributed by atoms with Crippen LogP contribution in [0.5, 0.6) is 0 Å². The molecule has 0 aromatic heterocycles. The van der Waals surface area contributed by atoms with Crippen LogP contribution in [0.25, 0.3) is 0 Å². The quantitative estimate of drug-likeness (QED) is 0.754. The average Bonchev–Trinajstić information content (AvgIpc) is 2.59. The highest BCUT2D eigenvalue weighted by atomic mass is 35.5. The van der Waals surface area contributed by atoms with E-state index in [1.165, 1.54) is 19.1 Å². The van der Waals surface area contributed by atoms with Gasteiger partial charge < -0.3 is 5.32 Å². The minimum absolute atomic E-state index is 0.0214. The molecule has 0 aliphatic heterocycles. The van der Waals surface area contributed by atoms with Crippen LogP contribution in [0.4, 0.5) is 0 Å². The van der Waals surface area contributed by atoms with Gasteiger partial charge in [0.05, 0.1) is 17.0 Å². The lowest BCUT2D eigenvalue weighted by Gasteiger charge is -2.25. The Hall–Kier alpha value is -1.89. The molecule has 0 aliphatic carbocycles. The lowest BCUT2D eigenvalue weighted by molar-refractivity contribution is -0.123. The zero-order chi connectivity index (χ0) is 19.3. The van der Waals surface area contributed by atoms with E-state index in [4.69, 9.17) is 11.6 Å². The molecular weight excluding hydrogens is 372 g/mol. The zero-order valence-electron chi connectivity index (χ0n) is 14.9. The Morgan fingerprint density at radius 2 is 1.65 bits per heavy atom. The van der Waals surface area contributed by atoms with Crippen molar-refractivity contribution >= 4 is 27.5 Å². The summed E-state index contributed by atoms with van der Waals surface area (Å²) in [4.78, 5) is 12.6. The molecule has 0 radical (unpaired) electrons. The molecule has 140 valence electrons. The molecule has 0 fully saturated rings. The molecule has 0 unspecified atom stereocenters. The van der Waals surface area contributed by atoms with Crippen LogP contribution in [0.15, 0.2) is 59.5 Å². The minimum Gasteiger partial charge on any atom is -0.348 e. The standard InChI is InChI=1S/C19H23ClN2O3S/c1-13(2)18(15-8-5-4-6-9-15)21-19(23)14(3)22-26(24,25)17-11-7-10-16(20)12-17/h4-14,18,22H,1-3H3,(H,21,23)/t14-,18+/m0/s1. The zero-order valence-corrected chi connectivity index (χ0v) is 16.5. The Morgan fingerprint density at radius 3 is 2.23 bits per heavy atom. The maximum Gasteiger partial charge on any atom is 0.241 e. The summed E-state index contributed by atoms with van der Waals surface area (Å²) in [7, 11) is -3.84. The fourth-order valence-electron chi connectivity index (χ4n) is 2.56. The summed E-state index contributed by atoms with van der Waals surface area (Å²) in [6, 6.07) is 14.4. The van der Waals surface area contributed by atoms with Gasteiger partial charge in [0, 0.05) is 5.02 Å². The number of hydrogen-bond acceptors (Lipinski definition) is 3. The number of carbonyl (C=O) groups excluding carboxylic acids is 1. The predicted molar refractivity (Wildman–Crippen MR) is 103 cm³/mol. The van der Waals surface area contributed by atoms with Crippen LogP contribution in [-0.2, 0) is 14.8 Å². The van der Waals surface area contributed by atoms with Crippen molar-refractivity contribution < 1.29 is 13.2 Å². The van der Waals surface area contributed by atoms with Crippen molar-refractivity contribution in [3.63, 3.8) is 0 Å². The van der Waals surface area contributed by atoms with E-state index in [-0.39, 0.29) is 16.9 Å². The van der Waals surface area contributed by atoms with Crippen molar-refractivity contribution in [3.8, 4) is 0 Å². The summed E-state index contributed by atoms with van der Waals surface area (Å²) in [5.74, 6) is -0.240. The summed E-state index contributed by atoms with van der Waals surface area (Å²) < 4.78 is 27.3. The SMILES string of the molecule is CC(C)[C@@H](NC(=O)[C@H](C)NS(=O)(=O)c1cccc(Cl)c1)c1ccccc1. The van der Waals surface area contributed by atoms with Crippen LogP contribution < -0.4 is 10.0 Å². The first-order valence-electron chi connectivity index (χ1n) is 8.34. The Bertz CT molecular complexity index is 854. The van der Waals surface area contributed by atoms with E-state index in [0.29, 0.717) is 5.02 Å². The van der Waals surface area contributed by atoms with Crippen LogP contribution in [0, 0.1) is 5.92 Å². The minimum atomic E-state index is -3.84. The van der Waals surface area contributed by atoms with Crippen molar-refractivity contribution in [2.45, 2.75) is 37.8 Å². The lowest BCUT2D eigenvalue weighted by atomic mass is 9.96. The number of rotatable bonds is 7. The van der Waals surface area contributed by atoms with Gasteiger partial charge in [-0.05, 0) is 36.6 Å². The number of amides is 1.